The molecule has 0 saturated heterocycles. The monoisotopic (exact) mass is 437 g/mol. The van der Waals surface area contributed by atoms with Crippen LogP contribution in [0.5, 0.6) is 0 Å². The number of fused-ring (bicyclic) bond motifs is 1. The molecule has 1 aliphatic heterocycles. The molecule has 1 amide bonds. The van der Waals surface area contributed by atoms with Crippen LogP contribution >= 0.6 is 0 Å². The summed E-state index contributed by atoms with van der Waals surface area (Å²) in [7, 11) is 0. The predicted octanol–water partition coefficient (Wildman–Crippen LogP) is 1.71. The zero-order valence-corrected chi connectivity index (χ0v) is 18.2. The van der Waals surface area contributed by atoms with Crippen LogP contribution in [-0.2, 0) is 37.1 Å². The van der Waals surface area contributed by atoms with Crippen LogP contribution in [-0.4, -0.2) is 31.7 Å². The van der Waals surface area contributed by atoms with Crippen molar-refractivity contribution >= 4 is 5.91 Å². The summed E-state index contributed by atoms with van der Waals surface area (Å²) in [5.41, 5.74) is 1.05. The summed E-state index contributed by atoms with van der Waals surface area (Å²) >= 11 is 0. The fraction of sp³-hybridized carbons (Fsp3) is 0.435. The van der Waals surface area contributed by atoms with Crippen LogP contribution in [0.4, 0.5) is 0 Å². The molecule has 9 nitrogen and oxygen atoms in total. The first-order chi connectivity index (χ1) is 15.6. The lowest BCUT2D eigenvalue weighted by Crippen LogP contribution is -2.46. The molecule has 3 heterocycles. The Labute approximate surface area is 185 Å². The minimum atomic E-state index is -0.550. The first-order valence-electron chi connectivity index (χ1n) is 11.1. The van der Waals surface area contributed by atoms with Crippen molar-refractivity contribution in [3.05, 3.63) is 68.3 Å². The molecular weight excluding hydrogens is 410 g/mol. The van der Waals surface area contributed by atoms with Crippen LogP contribution in [0, 0.1) is 0 Å². The van der Waals surface area contributed by atoms with Crippen molar-refractivity contribution in [2.24, 2.45) is 0 Å². The van der Waals surface area contributed by atoms with Gasteiger partial charge in [0.2, 0.25) is 17.6 Å². The fourth-order valence-electron chi connectivity index (χ4n) is 4.02. The van der Waals surface area contributed by atoms with Crippen LogP contribution in [0.2, 0.25) is 0 Å². The van der Waals surface area contributed by atoms with Gasteiger partial charge in [-0.15, -0.1) is 0 Å². The van der Waals surface area contributed by atoms with E-state index < -0.39 is 11.2 Å². The van der Waals surface area contributed by atoms with Gasteiger partial charge in [-0.05, 0) is 37.7 Å². The van der Waals surface area contributed by atoms with Crippen LogP contribution < -0.4 is 16.6 Å². The molecule has 0 atom stereocenters. The van der Waals surface area contributed by atoms with Crippen LogP contribution in [0.1, 0.15) is 43.3 Å². The molecule has 4 rings (SSSR count). The Hall–Kier alpha value is -3.49. The minimum Gasteiger partial charge on any atom is -0.355 e. The maximum atomic E-state index is 13.3. The van der Waals surface area contributed by atoms with Gasteiger partial charge in [0.15, 0.2) is 0 Å². The number of nitrogens with zero attached hydrogens (tertiary/aromatic N) is 4. The van der Waals surface area contributed by atoms with Gasteiger partial charge in [-0.3, -0.25) is 18.7 Å². The average Bonchev–Trinajstić information content (AvgIpc) is 3.29. The standard InChI is InChI=1S/C23H27N5O4/c1-2-19-25-21(26-32-19)20-17-12-6-7-14-27(17)23(31)28(22(20)30)15-18(29)24-13-8-11-16-9-4-3-5-10-16/h3-5,9-10H,2,6-8,11-15H2,1H3,(H,24,29). The molecule has 0 spiro atoms. The highest BCUT2D eigenvalue weighted by Crippen LogP contribution is 2.21. The zero-order chi connectivity index (χ0) is 22.5. The van der Waals surface area contributed by atoms with Crippen molar-refractivity contribution in [3.63, 3.8) is 0 Å². The number of amides is 1. The van der Waals surface area contributed by atoms with Crippen LogP contribution in [0.15, 0.2) is 44.4 Å². The van der Waals surface area contributed by atoms with Crippen molar-refractivity contribution in [1.82, 2.24) is 24.6 Å². The third-order valence-corrected chi connectivity index (χ3v) is 5.68. The molecule has 2 aromatic heterocycles. The zero-order valence-electron chi connectivity index (χ0n) is 18.2. The normalized spacial score (nSPS) is 13.0. The maximum Gasteiger partial charge on any atom is 0.331 e. The molecule has 32 heavy (non-hydrogen) atoms. The van der Waals surface area contributed by atoms with E-state index in [4.69, 9.17) is 4.52 Å². The highest BCUT2D eigenvalue weighted by Gasteiger charge is 2.26. The summed E-state index contributed by atoms with van der Waals surface area (Å²) < 4.78 is 7.75. The largest absolute Gasteiger partial charge is 0.355 e. The molecular formula is C23H27N5O4. The number of nitrogens with one attached hydrogen (secondary N) is 1. The summed E-state index contributed by atoms with van der Waals surface area (Å²) in [6.07, 6.45) is 4.44. The summed E-state index contributed by atoms with van der Waals surface area (Å²) in [4.78, 5) is 43.1. The third kappa shape index (κ3) is 4.56. The molecule has 0 bridgehead atoms. The molecule has 0 fully saturated rings. The van der Waals surface area contributed by atoms with Gasteiger partial charge in [-0.2, -0.15) is 4.98 Å². The van der Waals surface area contributed by atoms with Gasteiger partial charge in [-0.1, -0.05) is 42.4 Å². The van der Waals surface area contributed by atoms with Gasteiger partial charge in [-0.25, -0.2) is 4.79 Å². The van der Waals surface area contributed by atoms with E-state index in [1.54, 1.807) is 4.57 Å². The van der Waals surface area contributed by atoms with Crippen molar-refractivity contribution in [3.8, 4) is 11.4 Å². The topological polar surface area (TPSA) is 112 Å². The van der Waals surface area contributed by atoms with Gasteiger partial charge >= 0.3 is 5.69 Å². The first-order valence-corrected chi connectivity index (χ1v) is 11.1. The summed E-state index contributed by atoms with van der Waals surface area (Å²) in [5.74, 6) is 0.222. The summed E-state index contributed by atoms with van der Waals surface area (Å²) in [6.45, 7) is 2.50. The van der Waals surface area contributed by atoms with E-state index in [0.717, 1.165) is 30.3 Å². The number of benzene rings is 1. The molecule has 9 heteroatoms. The van der Waals surface area contributed by atoms with E-state index in [1.807, 2.05) is 37.3 Å². The van der Waals surface area contributed by atoms with Crippen molar-refractivity contribution < 1.29 is 9.32 Å². The number of aromatic nitrogens is 4. The third-order valence-electron chi connectivity index (χ3n) is 5.68. The lowest BCUT2D eigenvalue weighted by molar-refractivity contribution is -0.121. The quantitative estimate of drug-likeness (QED) is 0.537. The van der Waals surface area contributed by atoms with E-state index in [2.05, 4.69) is 15.5 Å². The second kappa shape index (κ2) is 9.76. The molecule has 0 saturated carbocycles. The van der Waals surface area contributed by atoms with Gasteiger partial charge < -0.3 is 9.84 Å². The number of aryl methyl sites for hydroxylation is 2. The summed E-state index contributed by atoms with van der Waals surface area (Å²) in [5, 5.41) is 6.76. The molecule has 1 aromatic carbocycles. The van der Waals surface area contributed by atoms with E-state index in [0.29, 0.717) is 37.5 Å². The molecule has 0 unspecified atom stereocenters. The van der Waals surface area contributed by atoms with Crippen LogP contribution in [0.25, 0.3) is 11.4 Å². The van der Waals surface area contributed by atoms with Gasteiger partial charge in [0.05, 0.1) is 0 Å². The van der Waals surface area contributed by atoms with Gasteiger partial charge in [0.25, 0.3) is 5.56 Å². The molecule has 3 aromatic rings. The minimum absolute atomic E-state index is 0.175. The van der Waals surface area contributed by atoms with E-state index in [1.165, 1.54) is 5.56 Å². The molecule has 1 N–H and O–H groups in total. The molecule has 168 valence electrons. The smallest absolute Gasteiger partial charge is 0.331 e. The number of hydrogen-bond donors (Lipinski definition) is 1. The first kappa shape index (κ1) is 21.7. The fourth-order valence-corrected chi connectivity index (χ4v) is 4.02. The van der Waals surface area contributed by atoms with Gasteiger partial charge in [0, 0.05) is 25.2 Å². The maximum absolute atomic E-state index is 13.3. The SMILES string of the molecule is CCc1nc(-c2c3n(c(=O)n(CC(=O)NCCCc4ccccc4)c2=O)CCCC3)no1. The van der Waals surface area contributed by atoms with E-state index in [-0.39, 0.29) is 23.8 Å². The Balaban J connectivity index is 1.54. The Bertz CT molecular complexity index is 1210. The number of carbonyl (C=O) groups is 1. The van der Waals surface area contributed by atoms with Crippen molar-refractivity contribution in [2.75, 3.05) is 6.54 Å². The lowest BCUT2D eigenvalue weighted by Gasteiger charge is -2.21. The Kier molecular flexibility index (Phi) is 6.63. The highest BCUT2D eigenvalue weighted by atomic mass is 16.5. The van der Waals surface area contributed by atoms with E-state index in [9.17, 15) is 14.4 Å². The Morgan fingerprint density at radius 1 is 1.19 bits per heavy atom. The van der Waals surface area contributed by atoms with Crippen LogP contribution in [0.3, 0.4) is 0 Å². The predicted molar refractivity (Wildman–Crippen MR) is 118 cm³/mol. The lowest BCUT2D eigenvalue weighted by atomic mass is 10.0. The molecule has 0 radical (unpaired) electrons. The molecule has 0 aliphatic carbocycles. The Morgan fingerprint density at radius 2 is 2.00 bits per heavy atom. The summed E-state index contributed by atoms with van der Waals surface area (Å²) in [6, 6.07) is 10.0. The number of carbonyl (C=O) groups excluding carboxylic acids is 1. The van der Waals surface area contributed by atoms with E-state index >= 15 is 0 Å². The van der Waals surface area contributed by atoms with Gasteiger partial charge in [0.1, 0.15) is 12.1 Å². The highest BCUT2D eigenvalue weighted by molar-refractivity contribution is 5.75. The number of hydrogen-bond acceptors (Lipinski definition) is 6. The number of rotatable bonds is 8. The second-order valence-electron chi connectivity index (χ2n) is 7.91. The second-order valence-corrected chi connectivity index (χ2v) is 7.91. The Morgan fingerprint density at radius 3 is 2.75 bits per heavy atom. The van der Waals surface area contributed by atoms with Crippen molar-refractivity contribution in [2.45, 2.75) is 58.5 Å². The molecule has 1 aliphatic rings. The average molecular weight is 438 g/mol. The van der Waals surface area contributed by atoms with Crippen molar-refractivity contribution in [1.29, 1.82) is 0 Å².